The first-order valence-electron chi connectivity index (χ1n) is 4.56. The van der Waals surface area contributed by atoms with Crippen LogP contribution in [0.15, 0.2) is 11.6 Å². The summed E-state index contributed by atoms with van der Waals surface area (Å²) in [6.07, 6.45) is 1.93. The molecule has 0 radical (unpaired) electrons. The fraction of sp³-hybridized carbons (Fsp3) is 0.625. The lowest BCUT2D eigenvalue weighted by atomic mass is 10.0. The lowest BCUT2D eigenvalue weighted by Crippen LogP contribution is -2.36. The molecule has 2 bridgehead atoms. The normalized spacial score (nSPS) is 31.9. The van der Waals surface area contributed by atoms with E-state index in [1.165, 1.54) is 0 Å². The van der Waals surface area contributed by atoms with Gasteiger partial charge in [-0.2, -0.15) is 9.35 Å². The molecule has 2 rings (SSSR count). The highest BCUT2D eigenvalue weighted by atomic mass is 32.2. The van der Waals surface area contributed by atoms with Crippen molar-refractivity contribution in [1.29, 1.82) is 0 Å². The number of nitrogens with zero attached hydrogens (tertiary/aromatic N) is 2. The van der Waals surface area contributed by atoms with Gasteiger partial charge in [-0.1, -0.05) is 6.08 Å². The van der Waals surface area contributed by atoms with E-state index >= 15 is 0 Å². The highest BCUT2D eigenvalue weighted by Crippen LogP contribution is 2.29. The van der Waals surface area contributed by atoms with Crippen LogP contribution in [0.25, 0.3) is 0 Å². The number of fused-ring (bicyclic) bond motifs is 2. The Kier molecular flexibility index (Phi) is 2.53. The van der Waals surface area contributed by atoms with Crippen LogP contribution in [0, 0.1) is 0 Å². The summed E-state index contributed by atoms with van der Waals surface area (Å²) in [5.74, 6) is 0. The van der Waals surface area contributed by atoms with E-state index in [2.05, 4.69) is 4.28 Å². The molecule has 15 heavy (non-hydrogen) atoms. The molecule has 84 valence electrons. The van der Waals surface area contributed by atoms with Crippen molar-refractivity contribution in [2.24, 2.45) is 0 Å². The molecular weight excluding hydrogens is 220 g/mol. The minimum Gasteiger partial charge on any atom is -0.748 e. The van der Waals surface area contributed by atoms with Crippen molar-refractivity contribution in [2.45, 2.75) is 25.9 Å². The third-order valence-electron chi connectivity index (χ3n) is 2.75. The Morgan fingerprint density at radius 3 is 2.93 bits per heavy atom. The van der Waals surface area contributed by atoms with Crippen LogP contribution in [0.5, 0.6) is 0 Å². The maximum Gasteiger partial charge on any atom is 0.346 e. The van der Waals surface area contributed by atoms with Crippen molar-refractivity contribution in [1.82, 2.24) is 9.96 Å². The maximum absolute atomic E-state index is 11.7. The van der Waals surface area contributed by atoms with Gasteiger partial charge in [-0.25, -0.2) is 9.00 Å². The summed E-state index contributed by atoms with van der Waals surface area (Å²) in [7, 11) is 0. The summed E-state index contributed by atoms with van der Waals surface area (Å²) in [5, 5.41) is 0.915. The molecule has 6 nitrogen and oxygen atoms in total. The first kappa shape index (κ1) is 10.6. The Balaban J connectivity index is 2.26. The van der Waals surface area contributed by atoms with Gasteiger partial charge in [-0.15, -0.1) is 0 Å². The van der Waals surface area contributed by atoms with Crippen molar-refractivity contribution in [3.05, 3.63) is 11.6 Å². The van der Waals surface area contributed by atoms with Gasteiger partial charge in [0.1, 0.15) is 17.4 Å². The fourth-order valence-corrected chi connectivity index (χ4v) is 2.30. The van der Waals surface area contributed by atoms with Crippen molar-refractivity contribution in [3.8, 4) is 0 Å². The average molecular weight is 231 g/mol. The molecule has 2 aliphatic heterocycles. The maximum atomic E-state index is 11.7. The fourth-order valence-electron chi connectivity index (χ4n) is 2.00. The molecule has 1 saturated heterocycles. The van der Waals surface area contributed by atoms with E-state index in [-0.39, 0.29) is 12.1 Å². The van der Waals surface area contributed by atoms with Gasteiger partial charge in [-0.3, -0.25) is 0 Å². The quantitative estimate of drug-likeness (QED) is 0.501. The molecule has 0 aromatic heterocycles. The van der Waals surface area contributed by atoms with E-state index in [9.17, 15) is 13.6 Å². The summed E-state index contributed by atoms with van der Waals surface area (Å²) < 4.78 is 25.3. The third kappa shape index (κ3) is 1.66. The van der Waals surface area contributed by atoms with Crippen LogP contribution in [0.2, 0.25) is 0 Å². The molecule has 2 unspecified atom stereocenters. The van der Waals surface area contributed by atoms with Gasteiger partial charge in [0.15, 0.2) is 0 Å². The zero-order valence-corrected chi connectivity index (χ0v) is 9.19. The van der Waals surface area contributed by atoms with Gasteiger partial charge in [0.25, 0.3) is 0 Å². The lowest BCUT2D eigenvalue weighted by Gasteiger charge is -2.25. The largest absolute Gasteiger partial charge is 0.748 e. The average Bonchev–Trinajstić information content (AvgIpc) is 2.40. The molecule has 0 aromatic carbocycles. The molecule has 2 aliphatic rings. The van der Waals surface area contributed by atoms with E-state index in [0.717, 1.165) is 10.6 Å². The van der Waals surface area contributed by atoms with Crippen LogP contribution in [-0.4, -0.2) is 43.4 Å². The van der Waals surface area contributed by atoms with Crippen molar-refractivity contribution in [3.63, 3.8) is 0 Å². The summed E-state index contributed by atoms with van der Waals surface area (Å²) in [6.45, 7) is 4.23. The van der Waals surface area contributed by atoms with Crippen LogP contribution in [0.1, 0.15) is 13.8 Å². The molecule has 1 fully saturated rings. The van der Waals surface area contributed by atoms with Gasteiger partial charge in [0.2, 0.25) is 0 Å². The Morgan fingerprint density at radius 2 is 2.33 bits per heavy atom. The molecular formula is C8H11N2O4S-. The second-order valence-electron chi connectivity index (χ2n) is 3.71. The van der Waals surface area contributed by atoms with Crippen LogP contribution in [-0.2, 0) is 15.6 Å². The number of hydrogen-bond donors (Lipinski definition) is 0. The van der Waals surface area contributed by atoms with E-state index in [4.69, 9.17) is 0 Å². The Bertz CT molecular complexity index is 357. The monoisotopic (exact) mass is 231 g/mol. The van der Waals surface area contributed by atoms with Crippen LogP contribution in [0.4, 0.5) is 4.79 Å². The van der Waals surface area contributed by atoms with Crippen LogP contribution >= 0.6 is 0 Å². The van der Waals surface area contributed by atoms with Crippen LogP contribution in [0.3, 0.4) is 0 Å². The number of rotatable bonds is 2. The topological polar surface area (TPSA) is 72.9 Å². The summed E-state index contributed by atoms with van der Waals surface area (Å²) in [6, 6.07) is -0.696. The molecule has 0 aromatic rings. The van der Waals surface area contributed by atoms with Crippen molar-refractivity contribution < 1.29 is 17.8 Å². The summed E-state index contributed by atoms with van der Waals surface area (Å²) in [4.78, 5) is 13.3. The Labute approximate surface area is 89.9 Å². The third-order valence-corrected chi connectivity index (χ3v) is 3.03. The number of hydrogen-bond acceptors (Lipinski definition) is 4. The van der Waals surface area contributed by atoms with Gasteiger partial charge < -0.3 is 9.45 Å². The van der Waals surface area contributed by atoms with Gasteiger partial charge in [0, 0.05) is 6.04 Å². The second kappa shape index (κ2) is 3.58. The predicted octanol–water partition coefficient (Wildman–Crippen LogP) is 0.167. The van der Waals surface area contributed by atoms with Crippen molar-refractivity contribution in [2.75, 3.05) is 6.54 Å². The number of hydroxylamine groups is 2. The molecule has 0 aliphatic carbocycles. The Morgan fingerprint density at radius 1 is 1.67 bits per heavy atom. The van der Waals surface area contributed by atoms with Gasteiger partial charge >= 0.3 is 6.03 Å². The molecule has 2 heterocycles. The second-order valence-corrected chi connectivity index (χ2v) is 4.26. The molecule has 2 amide bonds. The number of amides is 2. The molecule has 0 saturated carbocycles. The van der Waals surface area contributed by atoms with E-state index < -0.39 is 17.4 Å². The molecule has 7 heteroatoms. The van der Waals surface area contributed by atoms with Crippen LogP contribution < -0.4 is 0 Å². The smallest absolute Gasteiger partial charge is 0.346 e. The zero-order valence-electron chi connectivity index (χ0n) is 8.37. The standard InChI is InChI=1S/C8H12N2O4S/c1-5-3-6(2)9-4-7(5)10(8(9)11)14-15(12)13/h3,6-7H,4H2,1-2H3,(H,12,13)/p-1/t6-,7?/m1/s1. The van der Waals surface area contributed by atoms with E-state index in [1.54, 1.807) is 4.90 Å². The first-order chi connectivity index (χ1) is 7.00. The van der Waals surface area contributed by atoms with Gasteiger partial charge in [0.05, 0.1) is 6.54 Å². The predicted molar refractivity (Wildman–Crippen MR) is 51.0 cm³/mol. The SMILES string of the molecule is CC1=C[C@@H](C)N2CC1N(OS(=O)[O-])C2=O. The minimum absolute atomic E-state index is 0.0116. The lowest BCUT2D eigenvalue weighted by molar-refractivity contribution is -0.0129. The summed E-state index contributed by atoms with van der Waals surface area (Å²) >= 11 is -2.71. The van der Waals surface area contributed by atoms with Gasteiger partial charge in [-0.05, 0) is 19.4 Å². The van der Waals surface area contributed by atoms with Crippen molar-refractivity contribution >= 4 is 17.4 Å². The summed E-state index contributed by atoms with van der Waals surface area (Å²) in [5.41, 5.74) is 0.954. The number of urea groups is 1. The molecule has 0 spiro atoms. The highest BCUT2D eigenvalue weighted by molar-refractivity contribution is 7.74. The molecule has 3 atom stereocenters. The first-order valence-corrected chi connectivity index (χ1v) is 5.56. The van der Waals surface area contributed by atoms with E-state index in [1.807, 2.05) is 19.9 Å². The van der Waals surface area contributed by atoms with E-state index in [0.29, 0.717) is 6.54 Å². The Hall–Kier alpha value is -0.920. The highest BCUT2D eigenvalue weighted by Gasteiger charge is 2.44. The molecule has 0 N–H and O–H groups in total. The minimum atomic E-state index is -2.71. The zero-order chi connectivity index (χ0) is 11.2. The number of carbonyl (C=O) groups excluding carboxylic acids is 1. The number of carbonyl (C=O) groups is 1.